The molecular weight excluding hydrogens is 242 g/mol. The predicted molar refractivity (Wildman–Crippen MR) is 73.2 cm³/mol. The van der Waals surface area contributed by atoms with Crippen LogP contribution in [0.1, 0.15) is 41.6 Å². The van der Waals surface area contributed by atoms with Gasteiger partial charge in [0.2, 0.25) is 0 Å². The highest BCUT2D eigenvalue weighted by Gasteiger charge is 2.30. The molecule has 0 heterocycles. The molecule has 2 N–H and O–H groups in total. The molecule has 0 aromatic heterocycles. The Hall–Kier alpha value is -1.55. The number of aryl methyl sites for hydroxylation is 1. The number of carbonyl (C=O) groups excluding carboxylic acids is 1. The zero-order valence-corrected chi connectivity index (χ0v) is 11.3. The van der Waals surface area contributed by atoms with E-state index in [4.69, 9.17) is 5.11 Å². The number of carbonyl (C=O) groups is 1. The number of amides is 1. The van der Waals surface area contributed by atoms with Crippen molar-refractivity contribution in [2.45, 2.75) is 38.6 Å². The first kappa shape index (κ1) is 13.9. The second-order valence-corrected chi connectivity index (χ2v) is 5.18. The summed E-state index contributed by atoms with van der Waals surface area (Å²) < 4.78 is 0. The number of nitrogens with zero attached hydrogens (tertiary/aromatic N) is 1. The van der Waals surface area contributed by atoms with Crippen molar-refractivity contribution in [2.24, 2.45) is 0 Å². The fourth-order valence-electron chi connectivity index (χ4n) is 2.37. The van der Waals surface area contributed by atoms with Gasteiger partial charge in [0.05, 0.1) is 5.56 Å². The molecule has 1 aromatic rings. The lowest BCUT2D eigenvalue weighted by molar-refractivity contribution is 0.0559. The van der Waals surface area contributed by atoms with Crippen molar-refractivity contribution in [1.82, 2.24) is 4.90 Å². The van der Waals surface area contributed by atoms with Gasteiger partial charge in [0.15, 0.2) is 0 Å². The van der Waals surface area contributed by atoms with E-state index in [-0.39, 0.29) is 24.3 Å². The van der Waals surface area contributed by atoms with E-state index in [1.165, 1.54) is 0 Å². The zero-order chi connectivity index (χ0) is 13.8. The van der Waals surface area contributed by atoms with Crippen LogP contribution in [-0.2, 0) is 0 Å². The molecule has 2 rings (SSSR count). The van der Waals surface area contributed by atoms with Crippen LogP contribution in [0, 0.1) is 6.92 Å². The summed E-state index contributed by atoms with van der Waals surface area (Å²) in [7, 11) is 0. The van der Waals surface area contributed by atoms with E-state index in [1.54, 1.807) is 17.0 Å². The van der Waals surface area contributed by atoms with Gasteiger partial charge in [-0.2, -0.15) is 0 Å². The predicted octanol–water partition coefficient (Wildman–Crippen LogP) is 2.08. The van der Waals surface area contributed by atoms with E-state index in [0.29, 0.717) is 18.5 Å². The van der Waals surface area contributed by atoms with Gasteiger partial charge in [0.25, 0.3) is 5.91 Å². The smallest absolute Gasteiger partial charge is 0.257 e. The van der Waals surface area contributed by atoms with Crippen LogP contribution in [0.15, 0.2) is 18.2 Å². The molecule has 4 nitrogen and oxygen atoms in total. The van der Waals surface area contributed by atoms with Crippen LogP contribution in [0.25, 0.3) is 0 Å². The topological polar surface area (TPSA) is 60.8 Å². The SMILES string of the molecule is Cc1ccc(C(=O)N(CCCO)C2CCC2)c(O)c1. The summed E-state index contributed by atoms with van der Waals surface area (Å²) in [5.74, 6) is -0.0889. The molecular formula is C15H21NO3. The molecule has 1 amide bonds. The van der Waals surface area contributed by atoms with Gasteiger partial charge in [-0.15, -0.1) is 0 Å². The maximum Gasteiger partial charge on any atom is 0.257 e. The standard InChI is InChI=1S/C15H21NO3/c1-11-6-7-13(14(18)10-11)15(19)16(8-3-9-17)12-4-2-5-12/h6-7,10,12,17-18H,2-5,8-9H2,1H3. The molecule has 1 aliphatic carbocycles. The third-order valence-electron chi connectivity index (χ3n) is 3.72. The maximum atomic E-state index is 12.5. The van der Waals surface area contributed by atoms with Crippen molar-refractivity contribution in [2.75, 3.05) is 13.2 Å². The van der Waals surface area contributed by atoms with Gasteiger partial charge in [0, 0.05) is 19.2 Å². The summed E-state index contributed by atoms with van der Waals surface area (Å²) >= 11 is 0. The highest BCUT2D eigenvalue weighted by atomic mass is 16.3. The summed E-state index contributed by atoms with van der Waals surface area (Å²) in [4.78, 5) is 14.3. The molecule has 1 aliphatic rings. The Morgan fingerprint density at radius 3 is 2.68 bits per heavy atom. The molecule has 19 heavy (non-hydrogen) atoms. The quantitative estimate of drug-likeness (QED) is 0.855. The normalized spacial score (nSPS) is 15.1. The Labute approximate surface area is 113 Å². The number of rotatable bonds is 5. The molecule has 0 atom stereocenters. The second-order valence-electron chi connectivity index (χ2n) is 5.18. The van der Waals surface area contributed by atoms with Crippen molar-refractivity contribution in [1.29, 1.82) is 0 Å². The summed E-state index contributed by atoms with van der Waals surface area (Å²) in [6.45, 7) is 2.51. The summed E-state index contributed by atoms with van der Waals surface area (Å²) in [6.07, 6.45) is 3.76. The molecule has 0 radical (unpaired) electrons. The third-order valence-corrected chi connectivity index (χ3v) is 3.72. The van der Waals surface area contributed by atoms with Crippen LogP contribution in [0.3, 0.4) is 0 Å². The minimum atomic E-state index is -0.129. The molecule has 4 heteroatoms. The van der Waals surface area contributed by atoms with Gasteiger partial charge < -0.3 is 15.1 Å². The summed E-state index contributed by atoms with van der Waals surface area (Å²) in [5.41, 5.74) is 1.29. The Morgan fingerprint density at radius 2 is 2.16 bits per heavy atom. The number of hydrogen-bond donors (Lipinski definition) is 2. The highest BCUT2D eigenvalue weighted by Crippen LogP contribution is 2.28. The van der Waals surface area contributed by atoms with E-state index in [2.05, 4.69) is 0 Å². The Balaban J connectivity index is 2.17. The van der Waals surface area contributed by atoms with Gasteiger partial charge in [-0.05, 0) is 50.3 Å². The number of benzene rings is 1. The lowest BCUT2D eigenvalue weighted by atomic mass is 9.90. The Morgan fingerprint density at radius 1 is 1.42 bits per heavy atom. The zero-order valence-electron chi connectivity index (χ0n) is 11.3. The fraction of sp³-hybridized carbons (Fsp3) is 0.533. The lowest BCUT2D eigenvalue weighted by Crippen LogP contribution is -2.45. The van der Waals surface area contributed by atoms with Crippen molar-refractivity contribution in [3.05, 3.63) is 29.3 Å². The molecule has 0 unspecified atom stereocenters. The number of phenols is 1. The number of aliphatic hydroxyl groups is 1. The molecule has 104 valence electrons. The third kappa shape index (κ3) is 3.07. The van der Waals surface area contributed by atoms with Crippen LogP contribution in [0.4, 0.5) is 0 Å². The van der Waals surface area contributed by atoms with Crippen molar-refractivity contribution in [3.8, 4) is 5.75 Å². The van der Waals surface area contributed by atoms with Crippen LogP contribution in [0.5, 0.6) is 5.75 Å². The van der Waals surface area contributed by atoms with E-state index in [9.17, 15) is 9.90 Å². The molecule has 0 aliphatic heterocycles. The first-order chi connectivity index (χ1) is 9.13. The number of hydrogen-bond acceptors (Lipinski definition) is 3. The molecule has 0 saturated heterocycles. The first-order valence-corrected chi connectivity index (χ1v) is 6.85. The lowest BCUT2D eigenvalue weighted by Gasteiger charge is -2.37. The number of aliphatic hydroxyl groups excluding tert-OH is 1. The Bertz CT molecular complexity index is 455. The van der Waals surface area contributed by atoms with E-state index in [1.807, 2.05) is 13.0 Å². The van der Waals surface area contributed by atoms with Crippen molar-refractivity contribution in [3.63, 3.8) is 0 Å². The van der Waals surface area contributed by atoms with Gasteiger partial charge in [-0.1, -0.05) is 6.07 Å². The van der Waals surface area contributed by atoms with Gasteiger partial charge in [-0.25, -0.2) is 0 Å². The molecule has 0 bridgehead atoms. The average Bonchev–Trinajstić information content (AvgIpc) is 2.31. The largest absolute Gasteiger partial charge is 0.507 e. The summed E-state index contributed by atoms with van der Waals surface area (Å²) in [6, 6.07) is 5.38. The van der Waals surface area contributed by atoms with Crippen LogP contribution in [-0.4, -0.2) is 40.2 Å². The van der Waals surface area contributed by atoms with Crippen LogP contribution >= 0.6 is 0 Å². The average molecular weight is 263 g/mol. The highest BCUT2D eigenvalue weighted by molar-refractivity contribution is 5.97. The summed E-state index contributed by atoms with van der Waals surface area (Å²) in [5, 5.41) is 18.9. The van der Waals surface area contributed by atoms with Crippen molar-refractivity contribution >= 4 is 5.91 Å². The monoisotopic (exact) mass is 263 g/mol. The van der Waals surface area contributed by atoms with E-state index >= 15 is 0 Å². The molecule has 1 aromatic carbocycles. The molecule has 0 spiro atoms. The minimum absolute atomic E-state index is 0.0401. The fourth-order valence-corrected chi connectivity index (χ4v) is 2.37. The number of phenolic OH excluding ortho intramolecular Hbond substituents is 1. The molecule has 1 saturated carbocycles. The first-order valence-electron chi connectivity index (χ1n) is 6.85. The van der Waals surface area contributed by atoms with Crippen molar-refractivity contribution < 1.29 is 15.0 Å². The van der Waals surface area contributed by atoms with Gasteiger partial charge >= 0.3 is 0 Å². The minimum Gasteiger partial charge on any atom is -0.507 e. The van der Waals surface area contributed by atoms with Gasteiger partial charge in [0.1, 0.15) is 5.75 Å². The molecule has 1 fully saturated rings. The van der Waals surface area contributed by atoms with E-state index in [0.717, 1.165) is 24.8 Å². The van der Waals surface area contributed by atoms with Gasteiger partial charge in [-0.3, -0.25) is 4.79 Å². The maximum absolute atomic E-state index is 12.5. The second kappa shape index (κ2) is 6.06. The van der Waals surface area contributed by atoms with Crippen LogP contribution in [0.2, 0.25) is 0 Å². The number of aromatic hydroxyl groups is 1. The van der Waals surface area contributed by atoms with E-state index < -0.39 is 0 Å². The van der Waals surface area contributed by atoms with Crippen LogP contribution < -0.4 is 0 Å². The Kier molecular flexibility index (Phi) is 4.43.